The van der Waals surface area contributed by atoms with Crippen molar-refractivity contribution in [2.24, 2.45) is 5.92 Å². The maximum atomic E-state index is 10.7. The van der Waals surface area contributed by atoms with Crippen molar-refractivity contribution in [3.63, 3.8) is 0 Å². The lowest BCUT2D eigenvalue weighted by Gasteiger charge is -2.05. The normalized spacial score (nSPS) is 12.8. The Morgan fingerprint density at radius 1 is 1.56 bits per heavy atom. The molecule has 2 rings (SSSR count). The number of carboxylic acid groups (broad SMARTS) is 1. The van der Waals surface area contributed by atoms with Gasteiger partial charge in [-0.25, -0.2) is 4.98 Å². The molecule has 0 saturated carbocycles. The van der Waals surface area contributed by atoms with Gasteiger partial charge in [-0.15, -0.1) is 11.3 Å². The fraction of sp³-hybridized carbons (Fsp3) is 0.333. The van der Waals surface area contributed by atoms with E-state index >= 15 is 0 Å². The van der Waals surface area contributed by atoms with Gasteiger partial charge in [0.1, 0.15) is 0 Å². The molecule has 0 amide bonds. The summed E-state index contributed by atoms with van der Waals surface area (Å²) in [5.41, 5.74) is 4.03. The lowest BCUT2D eigenvalue weighted by molar-refractivity contribution is -0.141. The van der Waals surface area contributed by atoms with E-state index in [2.05, 4.69) is 11.1 Å². The number of aromatic nitrogens is 1. The first-order chi connectivity index (χ1) is 7.66. The summed E-state index contributed by atoms with van der Waals surface area (Å²) in [6, 6.07) is 6.12. The first kappa shape index (κ1) is 11.1. The van der Waals surface area contributed by atoms with Crippen LogP contribution in [0.1, 0.15) is 18.9 Å². The molecule has 84 valence electrons. The Morgan fingerprint density at radius 2 is 2.38 bits per heavy atom. The molecule has 4 heteroatoms. The highest BCUT2D eigenvalue weighted by atomic mass is 32.1. The summed E-state index contributed by atoms with van der Waals surface area (Å²) in [5.74, 6) is -1.00. The topological polar surface area (TPSA) is 50.2 Å². The standard InChI is InChI=1S/C12H13NO2S/c1-8(12(14)15)2-3-9-4-5-10-11(6-9)16-7-13-10/h4-8H,2-3H2,1H3,(H,14,15). The number of carbonyl (C=O) groups is 1. The van der Waals surface area contributed by atoms with Crippen molar-refractivity contribution in [3.8, 4) is 0 Å². The molecule has 1 N–H and O–H groups in total. The van der Waals surface area contributed by atoms with Crippen LogP contribution in [0.2, 0.25) is 0 Å². The second kappa shape index (κ2) is 4.61. The molecule has 0 aliphatic carbocycles. The molecule has 1 unspecified atom stereocenters. The van der Waals surface area contributed by atoms with Crippen LogP contribution in [-0.4, -0.2) is 16.1 Å². The molecule has 0 spiro atoms. The van der Waals surface area contributed by atoms with E-state index in [0.717, 1.165) is 11.9 Å². The average Bonchev–Trinajstić information content (AvgIpc) is 2.72. The minimum Gasteiger partial charge on any atom is -0.481 e. The number of benzene rings is 1. The number of rotatable bonds is 4. The second-order valence-corrected chi connectivity index (χ2v) is 4.82. The van der Waals surface area contributed by atoms with Crippen molar-refractivity contribution in [2.75, 3.05) is 0 Å². The zero-order chi connectivity index (χ0) is 11.5. The molecule has 0 saturated heterocycles. The van der Waals surface area contributed by atoms with E-state index in [0.29, 0.717) is 6.42 Å². The minimum absolute atomic E-state index is 0.280. The summed E-state index contributed by atoms with van der Waals surface area (Å²) in [7, 11) is 0. The van der Waals surface area contributed by atoms with Gasteiger partial charge in [-0.3, -0.25) is 4.79 Å². The maximum absolute atomic E-state index is 10.7. The summed E-state index contributed by atoms with van der Waals surface area (Å²) >= 11 is 1.61. The number of fused-ring (bicyclic) bond motifs is 1. The van der Waals surface area contributed by atoms with Crippen LogP contribution >= 0.6 is 11.3 Å². The number of aryl methyl sites for hydroxylation is 1. The first-order valence-corrected chi connectivity index (χ1v) is 6.09. The summed E-state index contributed by atoms with van der Waals surface area (Å²) in [6.45, 7) is 1.74. The maximum Gasteiger partial charge on any atom is 0.306 e. The van der Waals surface area contributed by atoms with Gasteiger partial charge in [0, 0.05) is 0 Å². The first-order valence-electron chi connectivity index (χ1n) is 5.22. The van der Waals surface area contributed by atoms with Crippen LogP contribution < -0.4 is 0 Å². The summed E-state index contributed by atoms with van der Waals surface area (Å²) < 4.78 is 1.17. The fourth-order valence-corrected chi connectivity index (χ4v) is 2.30. The van der Waals surface area contributed by atoms with Gasteiger partial charge in [-0.1, -0.05) is 13.0 Å². The molecule has 1 atom stereocenters. The van der Waals surface area contributed by atoms with Crippen molar-refractivity contribution in [1.29, 1.82) is 0 Å². The number of hydrogen-bond donors (Lipinski definition) is 1. The van der Waals surface area contributed by atoms with Crippen LogP contribution in [0.25, 0.3) is 10.2 Å². The van der Waals surface area contributed by atoms with E-state index in [4.69, 9.17) is 5.11 Å². The van der Waals surface area contributed by atoms with E-state index in [1.165, 1.54) is 10.3 Å². The molecule has 2 aromatic rings. The fourth-order valence-electron chi connectivity index (χ4n) is 1.56. The smallest absolute Gasteiger partial charge is 0.306 e. The van der Waals surface area contributed by atoms with Crippen LogP contribution in [0, 0.1) is 5.92 Å². The molecule has 1 aromatic heterocycles. The van der Waals surface area contributed by atoms with Gasteiger partial charge in [0.25, 0.3) is 0 Å². The Balaban J connectivity index is 2.06. The zero-order valence-corrected chi connectivity index (χ0v) is 9.83. The highest BCUT2D eigenvalue weighted by molar-refractivity contribution is 7.16. The Morgan fingerprint density at radius 3 is 3.12 bits per heavy atom. The SMILES string of the molecule is CC(CCc1ccc2ncsc2c1)C(=O)O. The molecular formula is C12H13NO2S. The van der Waals surface area contributed by atoms with Gasteiger partial charge in [-0.05, 0) is 30.5 Å². The Hall–Kier alpha value is -1.42. The van der Waals surface area contributed by atoms with Gasteiger partial charge in [0.05, 0.1) is 21.6 Å². The predicted molar refractivity (Wildman–Crippen MR) is 64.7 cm³/mol. The van der Waals surface area contributed by atoms with Crippen molar-refractivity contribution >= 4 is 27.5 Å². The Kier molecular flexibility index (Phi) is 3.19. The van der Waals surface area contributed by atoms with Crippen LogP contribution in [0.4, 0.5) is 0 Å². The van der Waals surface area contributed by atoms with E-state index in [1.54, 1.807) is 18.3 Å². The van der Waals surface area contributed by atoms with Crippen LogP contribution in [0.3, 0.4) is 0 Å². The molecule has 0 fully saturated rings. The van der Waals surface area contributed by atoms with Gasteiger partial charge in [-0.2, -0.15) is 0 Å². The lowest BCUT2D eigenvalue weighted by atomic mass is 10.0. The second-order valence-electron chi connectivity index (χ2n) is 3.93. The summed E-state index contributed by atoms with van der Waals surface area (Å²) in [5, 5.41) is 8.79. The molecule has 0 aliphatic rings. The third-order valence-corrected chi connectivity index (χ3v) is 3.48. The molecular weight excluding hydrogens is 222 g/mol. The van der Waals surface area contributed by atoms with E-state index < -0.39 is 5.97 Å². The van der Waals surface area contributed by atoms with Crippen molar-refractivity contribution < 1.29 is 9.90 Å². The highest BCUT2D eigenvalue weighted by Gasteiger charge is 2.10. The molecule has 1 aromatic carbocycles. The van der Waals surface area contributed by atoms with Crippen LogP contribution in [0.15, 0.2) is 23.7 Å². The predicted octanol–water partition coefficient (Wildman–Crippen LogP) is 2.95. The highest BCUT2D eigenvalue weighted by Crippen LogP contribution is 2.20. The summed E-state index contributed by atoms with van der Waals surface area (Å²) in [6.07, 6.45) is 1.49. The third-order valence-electron chi connectivity index (χ3n) is 2.68. The largest absolute Gasteiger partial charge is 0.481 e. The number of thiazole rings is 1. The van der Waals surface area contributed by atoms with Gasteiger partial charge in [0.15, 0.2) is 0 Å². The molecule has 1 heterocycles. The van der Waals surface area contributed by atoms with Crippen LogP contribution in [0.5, 0.6) is 0 Å². The lowest BCUT2D eigenvalue weighted by Crippen LogP contribution is -2.10. The Bertz CT molecular complexity index is 506. The number of hydrogen-bond acceptors (Lipinski definition) is 3. The quantitative estimate of drug-likeness (QED) is 0.886. The average molecular weight is 235 g/mol. The van der Waals surface area contributed by atoms with Crippen molar-refractivity contribution in [3.05, 3.63) is 29.3 Å². The number of aliphatic carboxylic acids is 1. The van der Waals surface area contributed by atoms with E-state index in [-0.39, 0.29) is 5.92 Å². The van der Waals surface area contributed by atoms with E-state index in [9.17, 15) is 4.79 Å². The molecule has 0 aliphatic heterocycles. The van der Waals surface area contributed by atoms with Crippen molar-refractivity contribution in [1.82, 2.24) is 4.98 Å². The number of carboxylic acids is 1. The molecule has 0 bridgehead atoms. The summed E-state index contributed by atoms with van der Waals surface area (Å²) in [4.78, 5) is 14.9. The van der Waals surface area contributed by atoms with Gasteiger partial charge >= 0.3 is 5.97 Å². The van der Waals surface area contributed by atoms with E-state index in [1.807, 2.05) is 17.6 Å². The number of nitrogens with zero attached hydrogens (tertiary/aromatic N) is 1. The molecule has 16 heavy (non-hydrogen) atoms. The Labute approximate surface area is 97.8 Å². The molecule has 3 nitrogen and oxygen atoms in total. The van der Waals surface area contributed by atoms with Gasteiger partial charge in [0.2, 0.25) is 0 Å². The zero-order valence-electron chi connectivity index (χ0n) is 9.01. The van der Waals surface area contributed by atoms with Gasteiger partial charge < -0.3 is 5.11 Å². The van der Waals surface area contributed by atoms with Crippen molar-refractivity contribution in [2.45, 2.75) is 19.8 Å². The third kappa shape index (κ3) is 2.39. The molecule has 0 radical (unpaired) electrons. The monoisotopic (exact) mass is 235 g/mol. The van der Waals surface area contributed by atoms with Crippen LogP contribution in [-0.2, 0) is 11.2 Å². The minimum atomic E-state index is -0.723.